The van der Waals surface area contributed by atoms with Crippen LogP contribution in [0.1, 0.15) is 5.56 Å². The minimum atomic E-state index is 1.17. The SMILES string of the molecule is Cc1ccc2c(c1)c1cc(-n3c4ccccc4c4ccccc43)cc3c4ccccc4c4ccccc4c4ccccc4n2c31. The van der Waals surface area contributed by atoms with Gasteiger partial charge in [0.15, 0.2) is 0 Å². The van der Waals surface area contributed by atoms with E-state index in [2.05, 4.69) is 168 Å². The zero-order valence-corrected chi connectivity index (χ0v) is 24.8. The average Bonchev–Trinajstić information content (AvgIpc) is 3.61. The Morgan fingerprint density at radius 1 is 0.333 bits per heavy atom. The minimum absolute atomic E-state index is 1.17. The molecule has 10 aromatic rings. The molecule has 0 unspecified atom stereocenters. The summed E-state index contributed by atoms with van der Waals surface area (Å²) < 4.78 is 4.97. The molecule has 3 aromatic heterocycles. The number of benzene rings is 7. The Labute approximate surface area is 259 Å². The van der Waals surface area contributed by atoms with Crippen LogP contribution in [0.3, 0.4) is 0 Å². The van der Waals surface area contributed by atoms with Crippen molar-refractivity contribution >= 4 is 81.4 Å². The maximum Gasteiger partial charge on any atom is 0.0621 e. The number of nitrogens with zero attached hydrogens (tertiary/aromatic N) is 2. The molecule has 0 saturated carbocycles. The number of hydrogen-bond acceptors (Lipinski definition) is 0. The Morgan fingerprint density at radius 2 is 0.733 bits per heavy atom. The van der Waals surface area contributed by atoms with E-state index in [1.807, 2.05) is 0 Å². The van der Waals surface area contributed by atoms with Gasteiger partial charge >= 0.3 is 0 Å². The van der Waals surface area contributed by atoms with Crippen LogP contribution < -0.4 is 0 Å². The van der Waals surface area contributed by atoms with E-state index in [1.54, 1.807) is 0 Å². The fourth-order valence-corrected chi connectivity index (χ4v) is 7.83. The average molecular weight is 573 g/mol. The summed E-state index contributed by atoms with van der Waals surface area (Å²) in [6.07, 6.45) is 0. The van der Waals surface area contributed by atoms with E-state index in [9.17, 15) is 0 Å². The molecule has 10 rings (SSSR count). The molecule has 2 heteroatoms. The molecule has 0 atom stereocenters. The van der Waals surface area contributed by atoms with Crippen LogP contribution in [-0.2, 0) is 0 Å². The largest absolute Gasteiger partial charge is 0.309 e. The first-order chi connectivity index (χ1) is 22.3. The second-order valence-corrected chi connectivity index (χ2v) is 12.2. The highest BCUT2D eigenvalue weighted by Crippen LogP contribution is 2.41. The molecule has 0 radical (unpaired) electrons. The number of para-hydroxylation sites is 3. The van der Waals surface area contributed by atoms with Gasteiger partial charge in [0.1, 0.15) is 0 Å². The second-order valence-electron chi connectivity index (χ2n) is 12.2. The van der Waals surface area contributed by atoms with Crippen molar-refractivity contribution in [2.75, 3.05) is 0 Å². The Bertz CT molecular complexity index is 2830. The zero-order valence-electron chi connectivity index (χ0n) is 24.8. The van der Waals surface area contributed by atoms with Gasteiger partial charge in [-0.05, 0) is 70.9 Å². The van der Waals surface area contributed by atoms with Crippen molar-refractivity contribution in [2.24, 2.45) is 0 Å². The van der Waals surface area contributed by atoms with Gasteiger partial charge in [0.25, 0.3) is 0 Å². The highest BCUT2D eigenvalue weighted by Gasteiger charge is 2.19. The lowest BCUT2D eigenvalue weighted by molar-refractivity contribution is 1.19. The van der Waals surface area contributed by atoms with Gasteiger partial charge in [-0.1, -0.05) is 115 Å². The quantitative estimate of drug-likeness (QED) is 0.185. The van der Waals surface area contributed by atoms with E-state index in [1.165, 1.54) is 92.7 Å². The van der Waals surface area contributed by atoms with Gasteiger partial charge in [-0.15, -0.1) is 0 Å². The van der Waals surface area contributed by atoms with Gasteiger partial charge in [-0.3, -0.25) is 0 Å². The van der Waals surface area contributed by atoms with Gasteiger partial charge in [0.2, 0.25) is 0 Å². The fraction of sp³-hybridized carbons (Fsp3) is 0.0233. The summed E-state index contributed by atoms with van der Waals surface area (Å²) in [5.74, 6) is 0. The molecule has 0 aliphatic heterocycles. The van der Waals surface area contributed by atoms with Crippen LogP contribution >= 0.6 is 0 Å². The third-order valence-corrected chi connectivity index (χ3v) is 9.71. The van der Waals surface area contributed by atoms with Crippen LogP contribution in [0, 0.1) is 6.92 Å². The first kappa shape index (κ1) is 24.6. The Hall–Kier alpha value is -5.86. The van der Waals surface area contributed by atoms with Crippen molar-refractivity contribution in [1.29, 1.82) is 0 Å². The molecule has 0 N–H and O–H groups in total. The molecule has 0 fully saturated rings. The lowest BCUT2D eigenvalue weighted by Gasteiger charge is -2.11. The molecule has 0 aliphatic rings. The standard InChI is InChI=1S/C43H28N2/c1-27-22-23-42-36(24-27)38-26-28(44-39-19-9-7-17-34(39)35-18-8-10-20-40(35)44)25-37-32-15-5-3-13-30(32)29-12-2-4-14-31(29)33-16-6-11-21-41(33)45(42)43(37)38/h2-26H,1H3. The number of aromatic nitrogens is 2. The second kappa shape index (κ2) is 9.07. The van der Waals surface area contributed by atoms with Crippen molar-refractivity contribution in [1.82, 2.24) is 8.97 Å². The molecule has 0 saturated heterocycles. The first-order valence-electron chi connectivity index (χ1n) is 15.6. The Balaban J connectivity index is 1.57. The summed E-state index contributed by atoms with van der Waals surface area (Å²) in [5.41, 5.74) is 8.54. The lowest BCUT2D eigenvalue weighted by atomic mass is 10.00. The summed E-state index contributed by atoms with van der Waals surface area (Å²) in [7, 11) is 0. The Morgan fingerprint density at radius 3 is 1.31 bits per heavy atom. The molecule has 3 heterocycles. The maximum absolute atomic E-state index is 2.52. The topological polar surface area (TPSA) is 9.34 Å². The molecular weight excluding hydrogens is 544 g/mol. The summed E-state index contributed by atoms with van der Waals surface area (Å²) in [4.78, 5) is 0. The summed E-state index contributed by atoms with van der Waals surface area (Å²) in [5, 5.41) is 12.5. The van der Waals surface area contributed by atoms with E-state index in [0.717, 1.165) is 0 Å². The molecule has 210 valence electrons. The van der Waals surface area contributed by atoms with Crippen LogP contribution in [0.4, 0.5) is 0 Å². The molecule has 0 bridgehead atoms. The normalized spacial score (nSPS) is 12.1. The molecular formula is C43H28N2. The monoisotopic (exact) mass is 572 g/mol. The van der Waals surface area contributed by atoms with Crippen LogP contribution in [0.5, 0.6) is 0 Å². The molecule has 0 aliphatic carbocycles. The summed E-state index contributed by atoms with van der Waals surface area (Å²) in [6, 6.07) is 56.1. The van der Waals surface area contributed by atoms with E-state index >= 15 is 0 Å². The summed E-state index contributed by atoms with van der Waals surface area (Å²) in [6.45, 7) is 2.20. The van der Waals surface area contributed by atoms with Crippen LogP contribution in [0.15, 0.2) is 152 Å². The van der Waals surface area contributed by atoms with Gasteiger partial charge < -0.3 is 8.97 Å². The Kier molecular flexibility index (Phi) is 4.95. The van der Waals surface area contributed by atoms with E-state index in [0.29, 0.717) is 0 Å². The van der Waals surface area contributed by atoms with Crippen LogP contribution in [0.2, 0.25) is 0 Å². The predicted octanol–water partition coefficient (Wildman–Crippen LogP) is 11.7. The van der Waals surface area contributed by atoms with Crippen molar-refractivity contribution < 1.29 is 0 Å². The minimum Gasteiger partial charge on any atom is -0.309 e. The van der Waals surface area contributed by atoms with E-state index in [4.69, 9.17) is 0 Å². The third kappa shape index (κ3) is 3.34. The highest BCUT2D eigenvalue weighted by atomic mass is 15.0. The number of aryl methyl sites for hydroxylation is 1. The van der Waals surface area contributed by atoms with Gasteiger partial charge in [-0.2, -0.15) is 0 Å². The zero-order chi connectivity index (χ0) is 29.6. The van der Waals surface area contributed by atoms with Crippen molar-refractivity contribution in [3.63, 3.8) is 0 Å². The lowest BCUT2D eigenvalue weighted by Crippen LogP contribution is -1.94. The van der Waals surface area contributed by atoms with E-state index in [-0.39, 0.29) is 0 Å². The van der Waals surface area contributed by atoms with Gasteiger partial charge in [0.05, 0.1) is 27.6 Å². The van der Waals surface area contributed by atoms with E-state index < -0.39 is 0 Å². The fourth-order valence-electron chi connectivity index (χ4n) is 7.83. The molecule has 7 aromatic carbocycles. The van der Waals surface area contributed by atoms with Crippen molar-refractivity contribution in [2.45, 2.75) is 6.92 Å². The van der Waals surface area contributed by atoms with Crippen molar-refractivity contribution in [3.8, 4) is 5.69 Å². The van der Waals surface area contributed by atoms with Gasteiger partial charge in [0, 0.05) is 38.0 Å². The number of hydrogen-bond donors (Lipinski definition) is 0. The molecule has 45 heavy (non-hydrogen) atoms. The van der Waals surface area contributed by atoms with Crippen LogP contribution in [0.25, 0.3) is 87.1 Å². The number of fused-ring (bicyclic) bond motifs is 13. The predicted molar refractivity (Wildman–Crippen MR) is 193 cm³/mol. The molecule has 2 nitrogen and oxygen atoms in total. The molecule has 0 spiro atoms. The third-order valence-electron chi connectivity index (χ3n) is 9.71. The molecule has 0 amide bonds. The number of rotatable bonds is 1. The summed E-state index contributed by atoms with van der Waals surface area (Å²) >= 11 is 0. The van der Waals surface area contributed by atoms with Crippen LogP contribution in [-0.4, -0.2) is 8.97 Å². The van der Waals surface area contributed by atoms with Gasteiger partial charge in [-0.25, -0.2) is 0 Å². The van der Waals surface area contributed by atoms with Crippen molar-refractivity contribution in [3.05, 3.63) is 157 Å². The smallest absolute Gasteiger partial charge is 0.0621 e. The maximum atomic E-state index is 2.52. The first-order valence-corrected chi connectivity index (χ1v) is 15.6. The highest BCUT2D eigenvalue weighted by molar-refractivity contribution is 6.26.